The van der Waals surface area contributed by atoms with Crippen molar-refractivity contribution in [1.29, 1.82) is 0 Å². The Hall–Kier alpha value is -2.30. The fraction of sp³-hybridized carbons (Fsp3) is 0.474. The van der Waals surface area contributed by atoms with Crippen LogP contribution in [0.4, 0.5) is 0 Å². The SMILES string of the molecule is COc1ccc(CCC(C)NC(=O)c2cc(C(C)C)nn2C)cc1. The molecule has 0 fully saturated rings. The summed E-state index contributed by atoms with van der Waals surface area (Å²) in [5, 5.41) is 7.45. The monoisotopic (exact) mass is 329 g/mol. The molecule has 2 rings (SSSR count). The third-order valence-corrected chi connectivity index (χ3v) is 4.13. The summed E-state index contributed by atoms with van der Waals surface area (Å²) in [4.78, 5) is 12.4. The second-order valence-corrected chi connectivity index (χ2v) is 6.49. The predicted octanol–water partition coefficient (Wildman–Crippen LogP) is 3.30. The van der Waals surface area contributed by atoms with Gasteiger partial charge in [0.1, 0.15) is 11.4 Å². The van der Waals surface area contributed by atoms with Crippen LogP contribution in [-0.2, 0) is 13.5 Å². The van der Waals surface area contributed by atoms with E-state index in [-0.39, 0.29) is 11.9 Å². The van der Waals surface area contributed by atoms with Gasteiger partial charge in [0.25, 0.3) is 5.91 Å². The molecule has 0 aliphatic rings. The van der Waals surface area contributed by atoms with Crippen molar-refractivity contribution >= 4 is 5.91 Å². The number of hydrogen-bond donors (Lipinski definition) is 1. The third-order valence-electron chi connectivity index (χ3n) is 4.13. The smallest absolute Gasteiger partial charge is 0.269 e. The number of methoxy groups -OCH3 is 1. The van der Waals surface area contributed by atoms with Gasteiger partial charge in [-0.1, -0.05) is 26.0 Å². The van der Waals surface area contributed by atoms with Crippen LogP contribution in [0.25, 0.3) is 0 Å². The normalized spacial score (nSPS) is 12.2. The highest BCUT2D eigenvalue weighted by Crippen LogP contribution is 2.15. The first-order valence-electron chi connectivity index (χ1n) is 8.38. The van der Waals surface area contributed by atoms with E-state index in [1.807, 2.05) is 32.2 Å². The van der Waals surface area contributed by atoms with E-state index in [9.17, 15) is 4.79 Å². The quantitative estimate of drug-likeness (QED) is 0.848. The summed E-state index contributed by atoms with van der Waals surface area (Å²) >= 11 is 0. The zero-order chi connectivity index (χ0) is 17.7. The van der Waals surface area contributed by atoms with Gasteiger partial charge in [0, 0.05) is 13.1 Å². The molecule has 0 radical (unpaired) electrons. The molecule has 1 heterocycles. The first kappa shape index (κ1) is 18.0. The number of aryl methyl sites for hydroxylation is 2. The molecule has 0 aliphatic heterocycles. The zero-order valence-electron chi connectivity index (χ0n) is 15.2. The molecule has 0 saturated heterocycles. The lowest BCUT2D eigenvalue weighted by molar-refractivity contribution is 0.0929. The highest BCUT2D eigenvalue weighted by Gasteiger charge is 2.16. The summed E-state index contributed by atoms with van der Waals surface area (Å²) in [5.41, 5.74) is 2.78. The van der Waals surface area contributed by atoms with Gasteiger partial charge in [0.15, 0.2) is 0 Å². The lowest BCUT2D eigenvalue weighted by Crippen LogP contribution is -2.34. The summed E-state index contributed by atoms with van der Waals surface area (Å²) < 4.78 is 6.81. The first-order chi connectivity index (χ1) is 11.4. The van der Waals surface area contributed by atoms with Gasteiger partial charge in [-0.15, -0.1) is 0 Å². The van der Waals surface area contributed by atoms with Crippen molar-refractivity contribution in [1.82, 2.24) is 15.1 Å². The van der Waals surface area contributed by atoms with E-state index < -0.39 is 0 Å². The molecule has 1 unspecified atom stereocenters. The minimum absolute atomic E-state index is 0.0702. The molecular weight excluding hydrogens is 302 g/mol. The number of benzene rings is 1. The Morgan fingerprint density at radius 3 is 2.46 bits per heavy atom. The van der Waals surface area contributed by atoms with Crippen LogP contribution in [0.5, 0.6) is 5.75 Å². The summed E-state index contributed by atoms with van der Waals surface area (Å²) in [6, 6.07) is 10.0. The van der Waals surface area contributed by atoms with Crippen molar-refractivity contribution in [3.05, 3.63) is 47.3 Å². The van der Waals surface area contributed by atoms with Crippen LogP contribution >= 0.6 is 0 Å². The minimum Gasteiger partial charge on any atom is -0.497 e. The van der Waals surface area contributed by atoms with Gasteiger partial charge in [0.05, 0.1) is 12.8 Å². The van der Waals surface area contributed by atoms with Gasteiger partial charge in [-0.05, 0) is 49.4 Å². The third kappa shape index (κ3) is 4.60. The molecule has 0 spiro atoms. The number of nitrogens with zero attached hydrogens (tertiary/aromatic N) is 2. The van der Waals surface area contributed by atoms with Crippen LogP contribution in [0.15, 0.2) is 30.3 Å². The molecule has 1 amide bonds. The molecule has 5 nitrogen and oxygen atoms in total. The second-order valence-electron chi connectivity index (χ2n) is 6.49. The van der Waals surface area contributed by atoms with Gasteiger partial charge in [-0.3, -0.25) is 9.48 Å². The number of aromatic nitrogens is 2. The number of rotatable bonds is 7. The van der Waals surface area contributed by atoms with Gasteiger partial charge >= 0.3 is 0 Å². The van der Waals surface area contributed by atoms with E-state index in [0.29, 0.717) is 11.6 Å². The standard InChI is InChI=1S/C19H27N3O2/c1-13(2)17-12-18(22(4)21-17)19(23)20-14(3)6-7-15-8-10-16(24-5)11-9-15/h8-14H,6-7H2,1-5H3,(H,20,23). The van der Waals surface area contributed by atoms with Crippen molar-refractivity contribution in [2.24, 2.45) is 7.05 Å². The number of carbonyl (C=O) groups excluding carboxylic acids is 1. The van der Waals surface area contributed by atoms with Crippen molar-refractivity contribution in [3.8, 4) is 5.75 Å². The van der Waals surface area contributed by atoms with Gasteiger partial charge in [-0.25, -0.2) is 0 Å². The van der Waals surface area contributed by atoms with E-state index in [2.05, 4.69) is 36.4 Å². The number of amides is 1. The van der Waals surface area contributed by atoms with E-state index in [1.54, 1.807) is 11.8 Å². The molecular formula is C19H27N3O2. The van der Waals surface area contributed by atoms with Crippen molar-refractivity contribution in [2.75, 3.05) is 7.11 Å². The van der Waals surface area contributed by atoms with E-state index in [0.717, 1.165) is 24.3 Å². The molecule has 2 aromatic rings. The zero-order valence-corrected chi connectivity index (χ0v) is 15.2. The Morgan fingerprint density at radius 2 is 1.92 bits per heavy atom. The highest BCUT2D eigenvalue weighted by molar-refractivity contribution is 5.92. The van der Waals surface area contributed by atoms with Crippen molar-refractivity contribution < 1.29 is 9.53 Å². The maximum atomic E-state index is 12.4. The Kier molecular flexibility index (Phi) is 6.01. The fourth-order valence-electron chi connectivity index (χ4n) is 2.53. The summed E-state index contributed by atoms with van der Waals surface area (Å²) in [7, 11) is 3.47. The maximum Gasteiger partial charge on any atom is 0.269 e. The van der Waals surface area contributed by atoms with E-state index >= 15 is 0 Å². The molecule has 1 aromatic heterocycles. The Bertz CT molecular complexity index is 674. The molecule has 1 atom stereocenters. The average Bonchev–Trinajstić information content (AvgIpc) is 2.95. The van der Waals surface area contributed by atoms with Crippen LogP contribution in [0.2, 0.25) is 0 Å². The lowest BCUT2D eigenvalue weighted by atomic mass is 10.1. The van der Waals surface area contributed by atoms with E-state index in [1.165, 1.54) is 5.56 Å². The van der Waals surface area contributed by atoms with Crippen LogP contribution in [0.1, 0.15) is 54.9 Å². The number of nitrogens with one attached hydrogen (secondary N) is 1. The van der Waals surface area contributed by atoms with Crippen LogP contribution in [0, 0.1) is 0 Å². The molecule has 5 heteroatoms. The summed E-state index contributed by atoms with van der Waals surface area (Å²) in [6.07, 6.45) is 1.79. The molecule has 24 heavy (non-hydrogen) atoms. The minimum atomic E-state index is -0.0702. The topological polar surface area (TPSA) is 56.1 Å². The van der Waals surface area contributed by atoms with Gasteiger partial charge in [0.2, 0.25) is 0 Å². The Morgan fingerprint density at radius 1 is 1.25 bits per heavy atom. The molecule has 0 saturated carbocycles. The van der Waals surface area contributed by atoms with Crippen LogP contribution < -0.4 is 10.1 Å². The fourth-order valence-corrected chi connectivity index (χ4v) is 2.53. The van der Waals surface area contributed by atoms with Gasteiger partial charge < -0.3 is 10.1 Å². The first-order valence-corrected chi connectivity index (χ1v) is 8.38. The van der Waals surface area contributed by atoms with Gasteiger partial charge in [-0.2, -0.15) is 5.10 Å². The van der Waals surface area contributed by atoms with Crippen molar-refractivity contribution in [3.63, 3.8) is 0 Å². The molecule has 1 N–H and O–H groups in total. The maximum absolute atomic E-state index is 12.4. The van der Waals surface area contributed by atoms with Crippen LogP contribution in [-0.4, -0.2) is 28.8 Å². The molecule has 1 aromatic carbocycles. The summed E-state index contributed by atoms with van der Waals surface area (Å²) in [6.45, 7) is 6.17. The van der Waals surface area contributed by atoms with Crippen molar-refractivity contribution in [2.45, 2.75) is 45.6 Å². The number of hydrogen-bond acceptors (Lipinski definition) is 3. The lowest BCUT2D eigenvalue weighted by Gasteiger charge is -2.14. The number of ether oxygens (including phenoxy) is 1. The molecule has 130 valence electrons. The Balaban J connectivity index is 1.89. The van der Waals surface area contributed by atoms with E-state index in [4.69, 9.17) is 4.74 Å². The highest BCUT2D eigenvalue weighted by atomic mass is 16.5. The molecule has 0 aliphatic carbocycles. The largest absolute Gasteiger partial charge is 0.497 e. The summed E-state index contributed by atoms with van der Waals surface area (Å²) in [5.74, 6) is 1.10. The number of carbonyl (C=O) groups is 1. The Labute approximate surface area is 144 Å². The van der Waals surface area contributed by atoms with Crippen LogP contribution in [0.3, 0.4) is 0 Å². The molecule has 0 bridgehead atoms. The second kappa shape index (κ2) is 7.99. The average molecular weight is 329 g/mol. The predicted molar refractivity (Wildman–Crippen MR) is 95.5 cm³/mol.